The maximum Gasteiger partial charge on any atom is 0.227 e. The van der Waals surface area contributed by atoms with Gasteiger partial charge in [-0.2, -0.15) is 0 Å². The summed E-state index contributed by atoms with van der Waals surface area (Å²) in [6.07, 6.45) is 7.78. The van der Waals surface area contributed by atoms with E-state index in [-0.39, 0.29) is 17.6 Å². The summed E-state index contributed by atoms with van der Waals surface area (Å²) in [5.41, 5.74) is 2.75. The predicted octanol–water partition coefficient (Wildman–Crippen LogP) is 6.22. The number of amides is 1. The first kappa shape index (κ1) is 20.4. The molecule has 4 nitrogen and oxygen atoms in total. The van der Waals surface area contributed by atoms with Gasteiger partial charge in [-0.25, -0.2) is 9.37 Å². The van der Waals surface area contributed by atoms with Crippen molar-refractivity contribution in [3.8, 4) is 0 Å². The van der Waals surface area contributed by atoms with E-state index in [0.717, 1.165) is 36.6 Å². The van der Waals surface area contributed by atoms with Crippen LogP contribution in [0.25, 0.3) is 10.9 Å². The van der Waals surface area contributed by atoms with E-state index in [2.05, 4.69) is 21.4 Å². The molecular formula is C25H25ClFN3O. The molecule has 1 amide bonds. The Morgan fingerprint density at radius 3 is 2.58 bits per heavy atom. The van der Waals surface area contributed by atoms with E-state index in [1.165, 1.54) is 11.6 Å². The lowest BCUT2D eigenvalue weighted by atomic mass is 9.86. The number of nitrogens with zero attached hydrogens (tertiary/aromatic N) is 2. The zero-order chi connectivity index (χ0) is 21.5. The highest BCUT2D eigenvalue weighted by Crippen LogP contribution is 2.54. The highest BCUT2D eigenvalue weighted by atomic mass is 35.5. The lowest BCUT2D eigenvalue weighted by Crippen LogP contribution is -2.26. The molecule has 2 unspecified atom stereocenters. The summed E-state index contributed by atoms with van der Waals surface area (Å²) in [4.78, 5) is 21.2. The number of nitrogens with one attached hydrogen (secondary N) is 1. The molecule has 160 valence electrons. The van der Waals surface area contributed by atoms with Crippen molar-refractivity contribution in [3.63, 3.8) is 0 Å². The summed E-state index contributed by atoms with van der Waals surface area (Å²) in [6, 6.07) is 10.4. The third kappa shape index (κ3) is 4.03. The van der Waals surface area contributed by atoms with Gasteiger partial charge in [0.1, 0.15) is 11.0 Å². The van der Waals surface area contributed by atoms with E-state index < -0.39 is 0 Å². The number of carbonyl (C=O) groups is 1. The zero-order valence-corrected chi connectivity index (χ0v) is 18.1. The number of benzene rings is 1. The summed E-state index contributed by atoms with van der Waals surface area (Å²) < 4.78 is 13.8. The molecule has 6 heteroatoms. The molecule has 3 aromatic rings. The average Bonchev–Trinajstić information content (AvgIpc) is 3.33. The number of hydrogen-bond acceptors (Lipinski definition) is 3. The second-order valence-electron chi connectivity index (χ2n) is 9.13. The van der Waals surface area contributed by atoms with Crippen LogP contribution in [0.5, 0.6) is 0 Å². The zero-order valence-electron chi connectivity index (χ0n) is 17.4. The maximum atomic E-state index is 13.8. The molecule has 0 radical (unpaired) electrons. The molecule has 1 aromatic carbocycles. The highest BCUT2D eigenvalue weighted by Gasteiger charge is 2.44. The SMILES string of the molecule is CC(C(=O)Nc1ccc(Cl)nc1)[C@H]1C[C@H]2CC(c3ccnc4ccc(F)cc34)C[C@H]2C1. The van der Waals surface area contributed by atoms with Gasteiger partial charge in [0, 0.05) is 17.5 Å². The van der Waals surface area contributed by atoms with Crippen LogP contribution < -0.4 is 5.32 Å². The van der Waals surface area contributed by atoms with E-state index in [4.69, 9.17) is 11.6 Å². The molecule has 5 rings (SSSR count). The average molecular weight is 438 g/mol. The molecular weight excluding hydrogens is 413 g/mol. The van der Waals surface area contributed by atoms with Crippen molar-refractivity contribution in [1.29, 1.82) is 0 Å². The van der Waals surface area contributed by atoms with Crippen LogP contribution in [0.1, 0.15) is 44.1 Å². The molecule has 0 bridgehead atoms. The quantitative estimate of drug-likeness (QED) is 0.493. The number of halogens is 2. The van der Waals surface area contributed by atoms with Crippen LogP contribution in [0.4, 0.5) is 10.1 Å². The third-order valence-electron chi connectivity index (χ3n) is 7.34. The van der Waals surface area contributed by atoms with Gasteiger partial charge in [0.25, 0.3) is 0 Å². The van der Waals surface area contributed by atoms with Gasteiger partial charge in [-0.1, -0.05) is 18.5 Å². The predicted molar refractivity (Wildman–Crippen MR) is 120 cm³/mol. The van der Waals surface area contributed by atoms with E-state index in [1.807, 2.05) is 13.1 Å². The van der Waals surface area contributed by atoms with E-state index >= 15 is 0 Å². The molecule has 0 aliphatic heterocycles. The van der Waals surface area contributed by atoms with Crippen molar-refractivity contribution in [2.45, 2.75) is 38.5 Å². The van der Waals surface area contributed by atoms with Gasteiger partial charge >= 0.3 is 0 Å². The van der Waals surface area contributed by atoms with Crippen molar-refractivity contribution in [1.82, 2.24) is 9.97 Å². The minimum Gasteiger partial charge on any atom is -0.324 e. The lowest BCUT2D eigenvalue weighted by Gasteiger charge is -2.21. The highest BCUT2D eigenvalue weighted by molar-refractivity contribution is 6.29. The maximum absolute atomic E-state index is 13.8. The monoisotopic (exact) mass is 437 g/mol. The largest absolute Gasteiger partial charge is 0.324 e. The van der Waals surface area contributed by atoms with Gasteiger partial charge in [-0.3, -0.25) is 9.78 Å². The Morgan fingerprint density at radius 2 is 1.87 bits per heavy atom. The fourth-order valence-electron chi connectivity index (χ4n) is 5.74. The second-order valence-corrected chi connectivity index (χ2v) is 9.52. The van der Waals surface area contributed by atoms with E-state index in [9.17, 15) is 9.18 Å². The Kier molecular flexibility index (Phi) is 5.39. The number of hydrogen-bond donors (Lipinski definition) is 1. The summed E-state index contributed by atoms with van der Waals surface area (Å²) in [5.74, 6) is 1.86. The summed E-state index contributed by atoms with van der Waals surface area (Å²) in [6.45, 7) is 2.03. The molecule has 31 heavy (non-hydrogen) atoms. The summed E-state index contributed by atoms with van der Waals surface area (Å²) in [7, 11) is 0. The van der Waals surface area contributed by atoms with Crippen LogP contribution in [-0.4, -0.2) is 15.9 Å². The van der Waals surface area contributed by atoms with Crippen LogP contribution in [-0.2, 0) is 4.79 Å². The van der Waals surface area contributed by atoms with Crippen LogP contribution in [0, 0.1) is 29.5 Å². The number of aromatic nitrogens is 2. The van der Waals surface area contributed by atoms with E-state index in [0.29, 0.717) is 34.5 Å². The normalized spacial score (nSPS) is 26.0. The molecule has 2 aliphatic rings. The van der Waals surface area contributed by atoms with Crippen molar-refractivity contribution < 1.29 is 9.18 Å². The fraction of sp³-hybridized carbons (Fsp3) is 0.400. The van der Waals surface area contributed by atoms with Crippen LogP contribution in [0.3, 0.4) is 0 Å². The van der Waals surface area contributed by atoms with Crippen LogP contribution in [0.2, 0.25) is 5.15 Å². The van der Waals surface area contributed by atoms with Crippen molar-refractivity contribution in [3.05, 3.63) is 65.3 Å². The number of rotatable bonds is 4. The molecule has 2 fully saturated rings. The van der Waals surface area contributed by atoms with Gasteiger partial charge in [0.15, 0.2) is 0 Å². The van der Waals surface area contributed by atoms with Crippen molar-refractivity contribution >= 4 is 34.1 Å². The molecule has 2 saturated carbocycles. The number of carbonyl (C=O) groups excluding carboxylic acids is 1. The molecule has 0 spiro atoms. The summed E-state index contributed by atoms with van der Waals surface area (Å²) >= 11 is 5.82. The fourth-order valence-corrected chi connectivity index (χ4v) is 5.85. The molecule has 2 aromatic heterocycles. The Labute approximate surface area is 186 Å². The Morgan fingerprint density at radius 1 is 1.10 bits per heavy atom. The lowest BCUT2D eigenvalue weighted by molar-refractivity contribution is -0.120. The van der Waals surface area contributed by atoms with Crippen molar-refractivity contribution in [2.75, 3.05) is 5.32 Å². The Hall–Kier alpha value is -2.53. The Bertz CT molecular complexity index is 1110. The van der Waals surface area contributed by atoms with Gasteiger partial charge in [-0.15, -0.1) is 0 Å². The van der Waals surface area contributed by atoms with Gasteiger partial charge in [0.2, 0.25) is 5.91 Å². The first-order valence-electron chi connectivity index (χ1n) is 10.9. The first-order valence-corrected chi connectivity index (χ1v) is 11.3. The second kappa shape index (κ2) is 8.19. The van der Waals surface area contributed by atoms with E-state index in [1.54, 1.807) is 30.5 Å². The first-order chi connectivity index (χ1) is 15.0. The van der Waals surface area contributed by atoms with Gasteiger partial charge in [0.05, 0.1) is 17.4 Å². The molecule has 2 aliphatic carbocycles. The summed E-state index contributed by atoms with van der Waals surface area (Å²) in [5, 5.41) is 4.32. The number of pyridine rings is 2. The standard InChI is InChI=1S/C25H25ClFN3O/c1-14(25(31)30-20-3-5-24(26)29-13-20)15-8-16-10-18(11-17(16)9-15)21-6-7-28-23-4-2-19(27)12-22(21)23/h2-7,12-18H,8-11H2,1H3,(H,30,31)/t14?,15-,16-,17+,18?. The van der Waals surface area contributed by atoms with Crippen molar-refractivity contribution in [2.24, 2.45) is 23.7 Å². The minimum absolute atomic E-state index is 0.0428. The van der Waals surface area contributed by atoms with Gasteiger partial charge < -0.3 is 5.32 Å². The number of anilines is 1. The third-order valence-corrected chi connectivity index (χ3v) is 7.57. The number of fused-ring (bicyclic) bond motifs is 2. The van der Waals surface area contributed by atoms with Crippen LogP contribution in [0.15, 0.2) is 48.8 Å². The molecule has 5 atom stereocenters. The minimum atomic E-state index is -0.212. The van der Waals surface area contributed by atoms with Gasteiger partial charge in [-0.05, 0) is 91.3 Å². The van der Waals surface area contributed by atoms with Crippen LogP contribution >= 0.6 is 11.6 Å². The molecule has 0 saturated heterocycles. The Balaban J connectivity index is 1.24. The molecule has 2 heterocycles. The smallest absolute Gasteiger partial charge is 0.227 e. The topological polar surface area (TPSA) is 54.9 Å². The molecule has 1 N–H and O–H groups in total.